The lowest BCUT2D eigenvalue weighted by Crippen LogP contribution is -2.39. The van der Waals surface area contributed by atoms with E-state index in [9.17, 15) is 4.79 Å². The van der Waals surface area contributed by atoms with E-state index in [4.69, 9.17) is 17.3 Å². The molecule has 1 amide bonds. The molecule has 1 atom stereocenters. The molecule has 1 aromatic rings. The van der Waals surface area contributed by atoms with E-state index in [0.717, 1.165) is 38.2 Å². The molecule has 0 bridgehead atoms. The van der Waals surface area contributed by atoms with Crippen LogP contribution >= 0.6 is 11.6 Å². The highest BCUT2D eigenvalue weighted by Gasteiger charge is 2.25. The first-order valence-electron chi connectivity index (χ1n) is 6.18. The molecule has 1 saturated heterocycles. The Morgan fingerprint density at radius 1 is 1.28 bits per heavy atom. The number of halogens is 1. The van der Waals surface area contributed by atoms with Crippen LogP contribution in [0.5, 0.6) is 0 Å². The van der Waals surface area contributed by atoms with Crippen molar-refractivity contribution < 1.29 is 4.79 Å². The molecule has 98 valence electrons. The Kier molecular flexibility index (Phi) is 4.58. The number of nitrogens with one attached hydrogen (secondary N) is 1. The van der Waals surface area contributed by atoms with Gasteiger partial charge in [-0.05, 0) is 30.7 Å². The van der Waals surface area contributed by atoms with E-state index in [-0.39, 0.29) is 11.9 Å². The molecule has 1 unspecified atom stereocenters. The summed E-state index contributed by atoms with van der Waals surface area (Å²) in [6.07, 6.45) is 1.03. The Bertz CT molecular complexity index is 399. The summed E-state index contributed by atoms with van der Waals surface area (Å²) in [7, 11) is 0. The van der Waals surface area contributed by atoms with Gasteiger partial charge < -0.3 is 11.1 Å². The van der Waals surface area contributed by atoms with Gasteiger partial charge in [0.05, 0.1) is 0 Å². The third-order valence-electron chi connectivity index (χ3n) is 3.20. The monoisotopic (exact) mass is 267 g/mol. The summed E-state index contributed by atoms with van der Waals surface area (Å²) in [6.45, 7) is 3.58. The van der Waals surface area contributed by atoms with Gasteiger partial charge in [0, 0.05) is 24.7 Å². The van der Waals surface area contributed by atoms with Gasteiger partial charge in [-0.15, -0.1) is 0 Å². The maximum Gasteiger partial charge on any atom is 0.239 e. The number of rotatable bonds is 3. The maximum absolute atomic E-state index is 11.7. The summed E-state index contributed by atoms with van der Waals surface area (Å²) in [4.78, 5) is 13.9. The van der Waals surface area contributed by atoms with Crippen LogP contribution in [-0.4, -0.2) is 37.0 Å². The molecule has 0 aromatic heterocycles. The zero-order valence-corrected chi connectivity index (χ0v) is 11.0. The number of carbonyl (C=O) groups excluding carboxylic acids is 1. The van der Waals surface area contributed by atoms with Gasteiger partial charge >= 0.3 is 0 Å². The number of benzene rings is 1. The molecule has 1 aromatic carbocycles. The Labute approximate surface area is 112 Å². The second-order valence-corrected chi connectivity index (χ2v) is 4.93. The third kappa shape index (κ3) is 3.22. The minimum absolute atomic E-state index is 0.306. The summed E-state index contributed by atoms with van der Waals surface area (Å²) in [5.41, 5.74) is 6.47. The Balaban J connectivity index is 2.21. The van der Waals surface area contributed by atoms with Crippen molar-refractivity contribution in [2.75, 3.05) is 26.2 Å². The number of nitrogens with two attached hydrogens (primary N) is 1. The van der Waals surface area contributed by atoms with Crippen molar-refractivity contribution in [3.05, 3.63) is 34.9 Å². The van der Waals surface area contributed by atoms with Crippen LogP contribution in [0.25, 0.3) is 0 Å². The highest BCUT2D eigenvalue weighted by Crippen LogP contribution is 2.22. The number of amides is 1. The predicted octanol–water partition coefficient (Wildman–Crippen LogP) is 1.16. The van der Waals surface area contributed by atoms with Crippen LogP contribution in [0.3, 0.4) is 0 Å². The topological polar surface area (TPSA) is 58.4 Å². The SMILES string of the molecule is NC(=O)C(c1ccc(Cl)cc1)N1CCCNCC1. The standard InChI is InChI=1S/C13H18ClN3O/c14-11-4-2-10(3-5-11)12(13(15)18)17-8-1-6-16-7-9-17/h2-5,12,16H,1,6-9H2,(H2,15,18). The van der Waals surface area contributed by atoms with E-state index >= 15 is 0 Å². The van der Waals surface area contributed by atoms with Gasteiger partial charge in [-0.25, -0.2) is 0 Å². The summed E-state index contributed by atoms with van der Waals surface area (Å²) < 4.78 is 0. The van der Waals surface area contributed by atoms with Crippen LogP contribution in [0.1, 0.15) is 18.0 Å². The van der Waals surface area contributed by atoms with E-state index in [2.05, 4.69) is 10.2 Å². The first-order chi connectivity index (χ1) is 8.68. The zero-order chi connectivity index (χ0) is 13.0. The van der Waals surface area contributed by atoms with E-state index < -0.39 is 0 Å². The van der Waals surface area contributed by atoms with E-state index in [1.165, 1.54) is 0 Å². The van der Waals surface area contributed by atoms with E-state index in [0.29, 0.717) is 5.02 Å². The van der Waals surface area contributed by atoms with Crippen molar-refractivity contribution in [1.82, 2.24) is 10.2 Å². The fourth-order valence-electron chi connectivity index (χ4n) is 2.32. The van der Waals surface area contributed by atoms with Gasteiger partial charge in [0.1, 0.15) is 6.04 Å². The molecular formula is C13H18ClN3O. The normalized spacial score (nSPS) is 19.2. The van der Waals surface area contributed by atoms with Gasteiger partial charge in [-0.1, -0.05) is 23.7 Å². The van der Waals surface area contributed by atoms with Gasteiger partial charge in [0.15, 0.2) is 0 Å². The maximum atomic E-state index is 11.7. The summed E-state index contributed by atoms with van der Waals surface area (Å²) in [5.74, 6) is -0.306. The number of primary amides is 1. The van der Waals surface area contributed by atoms with Crippen LogP contribution in [0.15, 0.2) is 24.3 Å². The van der Waals surface area contributed by atoms with E-state index in [1.807, 2.05) is 12.1 Å². The van der Waals surface area contributed by atoms with Crippen molar-refractivity contribution in [2.24, 2.45) is 5.73 Å². The molecule has 1 fully saturated rings. The molecule has 2 rings (SSSR count). The predicted molar refractivity (Wildman–Crippen MR) is 72.4 cm³/mol. The quantitative estimate of drug-likeness (QED) is 0.864. The first kappa shape index (κ1) is 13.3. The average molecular weight is 268 g/mol. The third-order valence-corrected chi connectivity index (χ3v) is 3.45. The Morgan fingerprint density at radius 2 is 2.00 bits per heavy atom. The molecule has 0 aliphatic carbocycles. The average Bonchev–Trinajstić information content (AvgIpc) is 2.60. The van der Waals surface area contributed by atoms with Crippen molar-refractivity contribution in [1.29, 1.82) is 0 Å². The lowest BCUT2D eigenvalue weighted by Gasteiger charge is -2.28. The fourth-order valence-corrected chi connectivity index (χ4v) is 2.45. The van der Waals surface area contributed by atoms with Gasteiger partial charge in [-0.2, -0.15) is 0 Å². The molecule has 1 heterocycles. The minimum atomic E-state index is -0.359. The smallest absolute Gasteiger partial charge is 0.239 e. The largest absolute Gasteiger partial charge is 0.368 e. The molecule has 1 aliphatic heterocycles. The first-order valence-corrected chi connectivity index (χ1v) is 6.56. The molecule has 0 radical (unpaired) electrons. The second kappa shape index (κ2) is 6.18. The summed E-state index contributed by atoms with van der Waals surface area (Å²) in [6, 6.07) is 6.97. The molecule has 1 aliphatic rings. The van der Waals surface area contributed by atoms with Crippen LogP contribution in [0.2, 0.25) is 5.02 Å². The second-order valence-electron chi connectivity index (χ2n) is 4.50. The lowest BCUT2D eigenvalue weighted by atomic mass is 10.0. The molecule has 3 N–H and O–H groups in total. The van der Waals surface area contributed by atoms with Crippen molar-refractivity contribution >= 4 is 17.5 Å². The van der Waals surface area contributed by atoms with Gasteiger partial charge in [0.2, 0.25) is 5.91 Å². The number of hydrogen-bond acceptors (Lipinski definition) is 3. The van der Waals surface area contributed by atoms with Crippen LogP contribution in [-0.2, 0) is 4.79 Å². The van der Waals surface area contributed by atoms with Gasteiger partial charge in [-0.3, -0.25) is 9.69 Å². The van der Waals surface area contributed by atoms with Crippen LogP contribution in [0.4, 0.5) is 0 Å². The molecule has 0 spiro atoms. The number of hydrogen-bond donors (Lipinski definition) is 2. The molecule has 4 nitrogen and oxygen atoms in total. The Morgan fingerprint density at radius 3 is 2.67 bits per heavy atom. The van der Waals surface area contributed by atoms with Crippen molar-refractivity contribution in [3.63, 3.8) is 0 Å². The number of carbonyl (C=O) groups is 1. The molecular weight excluding hydrogens is 250 g/mol. The van der Waals surface area contributed by atoms with E-state index in [1.54, 1.807) is 12.1 Å². The summed E-state index contributed by atoms with van der Waals surface area (Å²) >= 11 is 5.87. The van der Waals surface area contributed by atoms with Gasteiger partial charge in [0.25, 0.3) is 0 Å². The van der Waals surface area contributed by atoms with Crippen molar-refractivity contribution in [3.8, 4) is 0 Å². The highest BCUT2D eigenvalue weighted by atomic mass is 35.5. The lowest BCUT2D eigenvalue weighted by molar-refractivity contribution is -0.123. The molecule has 18 heavy (non-hydrogen) atoms. The van der Waals surface area contributed by atoms with Crippen molar-refractivity contribution in [2.45, 2.75) is 12.5 Å². The fraction of sp³-hybridized carbons (Fsp3) is 0.462. The molecule has 0 saturated carbocycles. The van der Waals surface area contributed by atoms with Crippen LogP contribution in [0, 0.1) is 0 Å². The molecule has 5 heteroatoms. The zero-order valence-electron chi connectivity index (χ0n) is 10.2. The summed E-state index contributed by atoms with van der Waals surface area (Å²) in [5, 5.41) is 3.98. The minimum Gasteiger partial charge on any atom is -0.368 e. The number of nitrogens with zero attached hydrogens (tertiary/aromatic N) is 1. The van der Waals surface area contributed by atoms with Crippen LogP contribution < -0.4 is 11.1 Å². The Hall–Kier alpha value is -1.10. The highest BCUT2D eigenvalue weighted by molar-refractivity contribution is 6.30.